The lowest BCUT2D eigenvalue weighted by Gasteiger charge is -2.20. The molecule has 1 saturated heterocycles. The summed E-state index contributed by atoms with van der Waals surface area (Å²) in [5.41, 5.74) is 0.339. The average molecular weight is 286 g/mol. The first-order chi connectivity index (χ1) is 9.24. The smallest absolute Gasteiger partial charge is 0.299 e. The van der Waals surface area contributed by atoms with E-state index in [1.165, 1.54) is 0 Å². The Morgan fingerprint density at radius 3 is 2.79 bits per heavy atom. The Bertz CT molecular complexity index is 571. The molecule has 3 heterocycles. The molecule has 1 aliphatic heterocycles. The van der Waals surface area contributed by atoms with Crippen LogP contribution >= 0.6 is 11.8 Å². The molecule has 0 aliphatic carbocycles. The number of alkyl halides is 2. The van der Waals surface area contributed by atoms with Gasteiger partial charge in [0.15, 0.2) is 5.65 Å². The van der Waals surface area contributed by atoms with Crippen molar-refractivity contribution in [3.8, 4) is 0 Å². The summed E-state index contributed by atoms with van der Waals surface area (Å²) in [6, 6.07) is 3.45. The fraction of sp³-hybridized carbons (Fsp3) is 0.545. The standard InChI is InChI=1S/C11H12F2N4OS/c12-10(13)11-15-14-8-1-2-9(16-17(8)11)19-7-3-5-18-6-4-7/h1-2,7,10H,3-6H2. The van der Waals surface area contributed by atoms with Gasteiger partial charge in [0.2, 0.25) is 5.82 Å². The summed E-state index contributed by atoms with van der Waals surface area (Å²) in [7, 11) is 0. The van der Waals surface area contributed by atoms with E-state index in [1.807, 2.05) is 0 Å². The Morgan fingerprint density at radius 2 is 2.05 bits per heavy atom. The van der Waals surface area contributed by atoms with Crippen molar-refractivity contribution in [1.82, 2.24) is 19.8 Å². The summed E-state index contributed by atoms with van der Waals surface area (Å²) in [5.74, 6) is -0.413. The predicted molar refractivity (Wildman–Crippen MR) is 65.4 cm³/mol. The van der Waals surface area contributed by atoms with Crippen LogP contribution in [0.2, 0.25) is 0 Å². The molecule has 2 aromatic heterocycles. The molecule has 1 aliphatic rings. The van der Waals surface area contributed by atoms with Crippen molar-refractivity contribution in [2.75, 3.05) is 13.2 Å². The van der Waals surface area contributed by atoms with Crippen LogP contribution in [0, 0.1) is 0 Å². The summed E-state index contributed by atoms with van der Waals surface area (Å²) in [6.07, 6.45) is -0.770. The van der Waals surface area contributed by atoms with Gasteiger partial charge >= 0.3 is 0 Å². The highest BCUT2D eigenvalue weighted by atomic mass is 32.2. The van der Waals surface area contributed by atoms with E-state index in [1.54, 1.807) is 23.9 Å². The molecule has 0 amide bonds. The molecule has 102 valence electrons. The van der Waals surface area contributed by atoms with Crippen LogP contribution < -0.4 is 0 Å². The zero-order valence-corrected chi connectivity index (χ0v) is 10.8. The maximum atomic E-state index is 12.7. The second-order valence-corrected chi connectivity index (χ2v) is 5.55. The zero-order valence-electron chi connectivity index (χ0n) is 10.00. The number of thioether (sulfide) groups is 1. The van der Waals surface area contributed by atoms with E-state index in [2.05, 4.69) is 15.3 Å². The molecule has 0 unspecified atom stereocenters. The van der Waals surface area contributed by atoms with Gasteiger partial charge in [0.05, 0.1) is 0 Å². The van der Waals surface area contributed by atoms with Crippen molar-refractivity contribution in [3.63, 3.8) is 0 Å². The van der Waals surface area contributed by atoms with Crippen molar-refractivity contribution in [1.29, 1.82) is 0 Å². The third-order valence-electron chi connectivity index (χ3n) is 2.91. The molecule has 5 nitrogen and oxygen atoms in total. The van der Waals surface area contributed by atoms with Crippen LogP contribution in [0.1, 0.15) is 25.1 Å². The topological polar surface area (TPSA) is 52.3 Å². The molecular formula is C11H12F2N4OS. The van der Waals surface area contributed by atoms with Crippen LogP contribution in [0.15, 0.2) is 17.2 Å². The Kier molecular flexibility index (Phi) is 3.61. The summed E-state index contributed by atoms with van der Waals surface area (Å²) in [4.78, 5) is 0. The van der Waals surface area contributed by atoms with Gasteiger partial charge in [0.25, 0.3) is 6.43 Å². The predicted octanol–water partition coefficient (Wildman–Crippen LogP) is 2.33. The minimum absolute atomic E-state index is 0.339. The second kappa shape index (κ2) is 5.38. The number of fused-ring (bicyclic) bond motifs is 1. The van der Waals surface area contributed by atoms with Crippen molar-refractivity contribution in [2.24, 2.45) is 0 Å². The van der Waals surface area contributed by atoms with Gasteiger partial charge in [-0.15, -0.1) is 22.0 Å². The van der Waals surface area contributed by atoms with Gasteiger partial charge in [0, 0.05) is 18.5 Å². The molecule has 2 aromatic rings. The van der Waals surface area contributed by atoms with E-state index >= 15 is 0 Å². The van der Waals surface area contributed by atoms with E-state index in [4.69, 9.17) is 4.74 Å². The molecule has 0 atom stereocenters. The molecular weight excluding hydrogens is 274 g/mol. The van der Waals surface area contributed by atoms with Crippen LogP contribution in [0.25, 0.3) is 5.65 Å². The average Bonchev–Trinajstić information content (AvgIpc) is 2.83. The lowest BCUT2D eigenvalue weighted by Crippen LogP contribution is -2.17. The monoisotopic (exact) mass is 286 g/mol. The maximum Gasteiger partial charge on any atom is 0.299 e. The number of rotatable bonds is 3. The van der Waals surface area contributed by atoms with E-state index in [0.29, 0.717) is 15.9 Å². The highest BCUT2D eigenvalue weighted by molar-refractivity contribution is 7.99. The van der Waals surface area contributed by atoms with Gasteiger partial charge < -0.3 is 4.74 Å². The number of halogens is 2. The lowest BCUT2D eigenvalue weighted by molar-refractivity contribution is 0.1000. The number of nitrogens with zero attached hydrogens (tertiary/aromatic N) is 4. The van der Waals surface area contributed by atoms with E-state index in [9.17, 15) is 8.78 Å². The first-order valence-corrected chi connectivity index (χ1v) is 6.87. The van der Waals surface area contributed by atoms with E-state index in [0.717, 1.165) is 30.6 Å². The van der Waals surface area contributed by atoms with Crippen molar-refractivity contribution in [2.45, 2.75) is 29.5 Å². The fourth-order valence-corrected chi connectivity index (χ4v) is 3.00. The first kappa shape index (κ1) is 12.7. The summed E-state index contributed by atoms with van der Waals surface area (Å²) in [5, 5.41) is 12.4. The fourth-order valence-electron chi connectivity index (χ4n) is 1.95. The van der Waals surface area contributed by atoms with Gasteiger partial charge in [-0.05, 0) is 25.0 Å². The Hall–Kier alpha value is -1.28. The molecule has 8 heteroatoms. The lowest BCUT2D eigenvalue weighted by atomic mass is 10.2. The maximum absolute atomic E-state index is 12.7. The number of hydrogen-bond donors (Lipinski definition) is 0. The highest BCUT2D eigenvalue weighted by Gasteiger charge is 2.19. The third kappa shape index (κ3) is 2.69. The van der Waals surface area contributed by atoms with Crippen molar-refractivity contribution < 1.29 is 13.5 Å². The zero-order chi connectivity index (χ0) is 13.2. The first-order valence-electron chi connectivity index (χ1n) is 5.99. The SMILES string of the molecule is FC(F)c1nnc2ccc(SC3CCOCC3)nn12. The van der Waals surface area contributed by atoms with Crippen molar-refractivity contribution >= 4 is 17.4 Å². The molecule has 0 N–H and O–H groups in total. The van der Waals surface area contributed by atoms with Crippen LogP contribution in [-0.2, 0) is 4.74 Å². The third-order valence-corrected chi connectivity index (χ3v) is 4.18. The van der Waals surface area contributed by atoms with Gasteiger partial charge in [-0.3, -0.25) is 0 Å². The molecule has 0 aromatic carbocycles. The number of ether oxygens (including phenoxy) is 1. The molecule has 0 spiro atoms. The van der Waals surface area contributed by atoms with Gasteiger partial charge in [0.1, 0.15) is 5.03 Å². The highest BCUT2D eigenvalue weighted by Crippen LogP contribution is 2.28. The summed E-state index contributed by atoms with van der Waals surface area (Å²) >= 11 is 1.59. The normalized spacial score (nSPS) is 17.4. The van der Waals surface area contributed by atoms with Crippen LogP contribution in [-0.4, -0.2) is 38.3 Å². The molecule has 19 heavy (non-hydrogen) atoms. The quantitative estimate of drug-likeness (QED) is 0.866. The van der Waals surface area contributed by atoms with Gasteiger partial charge in [-0.2, -0.15) is 9.61 Å². The molecule has 3 rings (SSSR count). The molecule has 0 saturated carbocycles. The van der Waals surface area contributed by atoms with Gasteiger partial charge in [-0.1, -0.05) is 0 Å². The van der Waals surface area contributed by atoms with Crippen LogP contribution in [0.3, 0.4) is 0 Å². The molecule has 1 fully saturated rings. The minimum atomic E-state index is -2.68. The van der Waals surface area contributed by atoms with E-state index in [-0.39, 0.29) is 0 Å². The van der Waals surface area contributed by atoms with E-state index < -0.39 is 12.2 Å². The second-order valence-electron chi connectivity index (χ2n) is 4.23. The van der Waals surface area contributed by atoms with Crippen LogP contribution in [0.4, 0.5) is 8.78 Å². The van der Waals surface area contributed by atoms with Crippen LogP contribution in [0.5, 0.6) is 0 Å². The number of hydrogen-bond acceptors (Lipinski definition) is 5. The largest absolute Gasteiger partial charge is 0.381 e. The Labute approximate surface area is 112 Å². The Balaban J connectivity index is 1.85. The summed E-state index contributed by atoms with van der Waals surface area (Å²) in [6.45, 7) is 1.49. The molecule has 0 radical (unpaired) electrons. The Morgan fingerprint density at radius 1 is 1.26 bits per heavy atom. The summed E-state index contributed by atoms with van der Waals surface area (Å²) < 4.78 is 31.9. The van der Waals surface area contributed by atoms with Crippen molar-refractivity contribution in [3.05, 3.63) is 18.0 Å². The number of aromatic nitrogens is 4. The minimum Gasteiger partial charge on any atom is -0.381 e. The van der Waals surface area contributed by atoms with Gasteiger partial charge in [-0.25, -0.2) is 8.78 Å². The molecule has 0 bridgehead atoms.